The molecule has 0 saturated heterocycles. The van der Waals surface area contributed by atoms with E-state index in [4.69, 9.17) is 11.5 Å². The van der Waals surface area contributed by atoms with Crippen LogP contribution in [0.2, 0.25) is 0 Å². The highest BCUT2D eigenvalue weighted by atomic mass is 19.3. The molecule has 0 radical (unpaired) electrons. The molecule has 5 heteroatoms. The number of aliphatic carboxylic acids is 1. The fourth-order valence-corrected chi connectivity index (χ4v) is 1.38. The molecule has 1 unspecified atom stereocenters. The Morgan fingerprint density at radius 2 is 2.12 bits per heavy atom. The molecule has 1 atom stereocenters. The second-order valence-electron chi connectivity index (χ2n) is 3.33. The Bertz CT molecular complexity index is 440. The maximum Gasteiger partial charge on any atom is 0.325 e. The maximum absolute atomic E-state index is 12.5. The van der Waals surface area contributed by atoms with Gasteiger partial charge in [-0.05, 0) is 11.6 Å². The van der Waals surface area contributed by atoms with Crippen molar-refractivity contribution in [1.82, 2.24) is 5.32 Å². The Morgan fingerprint density at radius 3 is 2.65 bits per heavy atom. The van der Waals surface area contributed by atoms with E-state index >= 15 is 0 Å². The summed E-state index contributed by atoms with van der Waals surface area (Å²) in [5.41, 5.74) is 0.0433. The van der Waals surface area contributed by atoms with Crippen LogP contribution in [0.4, 0.5) is 8.78 Å². The lowest BCUT2D eigenvalue weighted by Crippen LogP contribution is -2.28. The summed E-state index contributed by atoms with van der Waals surface area (Å²) in [5, 5.41) is 11.5. The van der Waals surface area contributed by atoms with Crippen LogP contribution in [-0.4, -0.2) is 17.6 Å². The number of hydrogen-bond acceptors (Lipinski definition) is 2. The van der Waals surface area contributed by atoms with Crippen LogP contribution in [0, 0.1) is 12.3 Å². The standard InChI is InChI=1S/C12H11F2NO2/c1-2-6-15-10(12(16)17)8-4-3-5-9(7-8)11(13)14/h1,3-5,7,10-11,15H,6H2,(H,16,17). The number of carboxylic acid groups (broad SMARTS) is 1. The zero-order valence-corrected chi connectivity index (χ0v) is 8.86. The molecule has 1 aromatic rings. The molecule has 0 aromatic heterocycles. The highest BCUT2D eigenvalue weighted by molar-refractivity contribution is 5.75. The number of alkyl halides is 2. The van der Waals surface area contributed by atoms with E-state index in [1.54, 1.807) is 0 Å². The smallest absolute Gasteiger partial charge is 0.325 e. The number of carbonyl (C=O) groups is 1. The van der Waals surface area contributed by atoms with Gasteiger partial charge in [0.1, 0.15) is 6.04 Å². The van der Waals surface area contributed by atoms with Crippen LogP contribution in [0.1, 0.15) is 23.6 Å². The van der Waals surface area contributed by atoms with Gasteiger partial charge in [0.2, 0.25) is 0 Å². The normalized spacial score (nSPS) is 12.1. The molecular formula is C12H11F2NO2. The van der Waals surface area contributed by atoms with E-state index in [9.17, 15) is 13.6 Å². The Hall–Kier alpha value is -1.93. The average Bonchev–Trinajstić information content (AvgIpc) is 2.29. The number of nitrogens with one attached hydrogen (secondary N) is 1. The molecule has 0 aliphatic carbocycles. The van der Waals surface area contributed by atoms with Gasteiger partial charge in [-0.3, -0.25) is 10.1 Å². The Kier molecular flexibility index (Phi) is 4.61. The minimum atomic E-state index is -2.63. The van der Waals surface area contributed by atoms with Gasteiger partial charge in [-0.15, -0.1) is 6.42 Å². The van der Waals surface area contributed by atoms with Crippen molar-refractivity contribution < 1.29 is 18.7 Å². The van der Waals surface area contributed by atoms with Crippen LogP contribution in [-0.2, 0) is 4.79 Å². The molecular weight excluding hydrogens is 228 g/mol. The molecule has 0 saturated carbocycles. The Morgan fingerprint density at radius 1 is 1.47 bits per heavy atom. The summed E-state index contributed by atoms with van der Waals surface area (Å²) in [6, 6.07) is 4.18. The van der Waals surface area contributed by atoms with Gasteiger partial charge in [-0.25, -0.2) is 8.78 Å². The maximum atomic E-state index is 12.5. The molecule has 3 nitrogen and oxygen atoms in total. The van der Waals surface area contributed by atoms with Gasteiger partial charge in [0.05, 0.1) is 6.54 Å². The lowest BCUT2D eigenvalue weighted by molar-refractivity contribution is -0.139. The van der Waals surface area contributed by atoms with Crippen LogP contribution in [0.3, 0.4) is 0 Å². The van der Waals surface area contributed by atoms with E-state index in [1.807, 2.05) is 0 Å². The van der Waals surface area contributed by atoms with Crippen LogP contribution >= 0.6 is 0 Å². The van der Waals surface area contributed by atoms with Crippen molar-refractivity contribution in [2.45, 2.75) is 12.5 Å². The van der Waals surface area contributed by atoms with Crippen molar-refractivity contribution in [2.75, 3.05) is 6.54 Å². The molecule has 1 aromatic carbocycles. The third-order valence-electron chi connectivity index (χ3n) is 2.15. The molecule has 90 valence electrons. The summed E-state index contributed by atoms with van der Waals surface area (Å²) in [6.07, 6.45) is 2.38. The Labute approximate surface area is 97.5 Å². The molecule has 1 rings (SSSR count). The number of rotatable bonds is 5. The van der Waals surface area contributed by atoms with Gasteiger partial charge in [0.15, 0.2) is 0 Å². The van der Waals surface area contributed by atoms with Crippen LogP contribution in [0.25, 0.3) is 0 Å². The summed E-state index contributed by atoms with van der Waals surface area (Å²) in [7, 11) is 0. The highest BCUT2D eigenvalue weighted by Gasteiger charge is 2.20. The molecule has 0 heterocycles. The fourth-order valence-electron chi connectivity index (χ4n) is 1.38. The number of halogens is 2. The van der Waals surface area contributed by atoms with Gasteiger partial charge in [0, 0.05) is 5.56 Å². The number of hydrogen-bond donors (Lipinski definition) is 2. The van der Waals surface area contributed by atoms with Crippen molar-refractivity contribution in [2.24, 2.45) is 0 Å². The zero-order valence-electron chi connectivity index (χ0n) is 8.86. The first-order chi connectivity index (χ1) is 8.06. The van der Waals surface area contributed by atoms with Gasteiger partial charge in [0.25, 0.3) is 6.43 Å². The number of terminal acetylenes is 1. The first-order valence-corrected chi connectivity index (χ1v) is 4.84. The van der Waals surface area contributed by atoms with E-state index in [-0.39, 0.29) is 17.7 Å². The zero-order chi connectivity index (χ0) is 12.8. The van der Waals surface area contributed by atoms with E-state index in [2.05, 4.69) is 11.2 Å². The van der Waals surface area contributed by atoms with Gasteiger partial charge in [-0.1, -0.05) is 24.1 Å². The lowest BCUT2D eigenvalue weighted by atomic mass is 10.0. The fraction of sp³-hybridized carbons (Fsp3) is 0.250. The van der Waals surface area contributed by atoms with Crippen LogP contribution < -0.4 is 5.32 Å². The summed E-state index contributed by atoms with van der Waals surface area (Å²) in [5.74, 6) is 1.08. The molecule has 0 fully saturated rings. The molecule has 0 amide bonds. The van der Waals surface area contributed by atoms with E-state index in [1.165, 1.54) is 18.2 Å². The van der Waals surface area contributed by atoms with Crippen molar-refractivity contribution in [3.8, 4) is 12.3 Å². The number of carboxylic acids is 1. The van der Waals surface area contributed by atoms with Crippen molar-refractivity contribution in [1.29, 1.82) is 0 Å². The molecule has 2 N–H and O–H groups in total. The van der Waals surface area contributed by atoms with Crippen molar-refractivity contribution in [3.63, 3.8) is 0 Å². The summed E-state index contributed by atoms with van der Waals surface area (Å²) < 4.78 is 24.9. The van der Waals surface area contributed by atoms with Crippen LogP contribution in [0.15, 0.2) is 24.3 Å². The summed E-state index contributed by atoms with van der Waals surface area (Å²) in [6.45, 7) is 0.0515. The minimum absolute atomic E-state index is 0.0515. The molecule has 0 spiro atoms. The minimum Gasteiger partial charge on any atom is -0.480 e. The molecule has 0 aliphatic heterocycles. The largest absolute Gasteiger partial charge is 0.480 e. The second-order valence-corrected chi connectivity index (χ2v) is 3.33. The third kappa shape index (κ3) is 3.54. The van der Waals surface area contributed by atoms with Crippen molar-refractivity contribution >= 4 is 5.97 Å². The first-order valence-electron chi connectivity index (χ1n) is 4.84. The van der Waals surface area contributed by atoms with Gasteiger partial charge in [-0.2, -0.15) is 0 Å². The predicted molar refractivity (Wildman–Crippen MR) is 58.6 cm³/mol. The molecule has 17 heavy (non-hydrogen) atoms. The SMILES string of the molecule is C#CCNC(C(=O)O)c1cccc(C(F)F)c1. The van der Waals surface area contributed by atoms with Gasteiger partial charge < -0.3 is 5.11 Å². The highest BCUT2D eigenvalue weighted by Crippen LogP contribution is 2.22. The first kappa shape index (κ1) is 13.1. The topological polar surface area (TPSA) is 49.3 Å². The lowest BCUT2D eigenvalue weighted by Gasteiger charge is -2.14. The molecule has 0 bridgehead atoms. The van der Waals surface area contributed by atoms with E-state index < -0.39 is 18.4 Å². The van der Waals surface area contributed by atoms with Crippen molar-refractivity contribution in [3.05, 3.63) is 35.4 Å². The monoisotopic (exact) mass is 239 g/mol. The Balaban J connectivity index is 2.98. The second kappa shape index (κ2) is 5.97. The van der Waals surface area contributed by atoms with Gasteiger partial charge >= 0.3 is 5.97 Å². The summed E-state index contributed by atoms with van der Waals surface area (Å²) in [4.78, 5) is 11.0. The number of benzene rings is 1. The summed E-state index contributed by atoms with van der Waals surface area (Å²) >= 11 is 0. The third-order valence-corrected chi connectivity index (χ3v) is 2.15. The van der Waals surface area contributed by atoms with Crippen LogP contribution in [0.5, 0.6) is 0 Å². The quantitative estimate of drug-likeness (QED) is 0.772. The van der Waals surface area contributed by atoms with E-state index in [0.29, 0.717) is 0 Å². The average molecular weight is 239 g/mol. The van der Waals surface area contributed by atoms with E-state index in [0.717, 1.165) is 6.07 Å². The predicted octanol–water partition coefficient (Wildman–Crippen LogP) is 1.97. The molecule has 0 aliphatic rings.